The number of hydrogen-bond acceptors (Lipinski definition) is 2. The third-order valence-electron chi connectivity index (χ3n) is 3.97. The molecule has 0 amide bonds. The first kappa shape index (κ1) is 11.7. The van der Waals surface area contributed by atoms with E-state index in [-0.39, 0.29) is 0 Å². The van der Waals surface area contributed by atoms with E-state index in [2.05, 4.69) is 38.2 Å². The summed E-state index contributed by atoms with van der Waals surface area (Å²) in [5, 5.41) is 3.74. The van der Waals surface area contributed by atoms with Gasteiger partial charge in [0.1, 0.15) is 11.5 Å². The van der Waals surface area contributed by atoms with Gasteiger partial charge in [0.2, 0.25) is 0 Å². The highest BCUT2D eigenvalue weighted by Crippen LogP contribution is 2.36. The second-order valence-corrected chi connectivity index (χ2v) is 5.01. The number of aryl methyl sites for hydroxylation is 1. The van der Waals surface area contributed by atoms with Gasteiger partial charge in [-0.15, -0.1) is 0 Å². The van der Waals surface area contributed by atoms with Crippen LogP contribution in [0.3, 0.4) is 0 Å². The smallest absolute Gasteiger partial charge is 0.120 e. The molecule has 0 aliphatic heterocycles. The Bertz CT molecular complexity index is 333. The van der Waals surface area contributed by atoms with Crippen LogP contribution in [0, 0.1) is 0 Å². The molecular formula is C14H23NO. The van der Waals surface area contributed by atoms with Crippen molar-refractivity contribution in [2.75, 3.05) is 0 Å². The molecule has 0 radical (unpaired) electrons. The van der Waals surface area contributed by atoms with Crippen molar-refractivity contribution >= 4 is 0 Å². The number of furan rings is 1. The summed E-state index contributed by atoms with van der Waals surface area (Å²) in [6, 6.07) is 4.53. The Morgan fingerprint density at radius 1 is 1.38 bits per heavy atom. The molecule has 1 aromatic rings. The minimum absolute atomic E-state index is 0.334. The van der Waals surface area contributed by atoms with Crippen LogP contribution in [0.15, 0.2) is 16.5 Å². The molecule has 0 spiro atoms. The number of rotatable bonds is 5. The van der Waals surface area contributed by atoms with Gasteiger partial charge in [0.15, 0.2) is 0 Å². The lowest BCUT2D eigenvalue weighted by Gasteiger charge is -2.44. The lowest BCUT2D eigenvalue weighted by molar-refractivity contribution is 0.153. The van der Waals surface area contributed by atoms with Gasteiger partial charge in [0.25, 0.3) is 0 Å². The minimum Gasteiger partial charge on any atom is -0.464 e. The summed E-state index contributed by atoms with van der Waals surface area (Å²) in [6.45, 7) is 6.60. The predicted octanol–water partition coefficient (Wildman–Crippen LogP) is 3.83. The topological polar surface area (TPSA) is 25.2 Å². The van der Waals surface area contributed by atoms with Crippen molar-refractivity contribution < 1.29 is 4.42 Å². The van der Waals surface area contributed by atoms with Crippen molar-refractivity contribution in [3.63, 3.8) is 0 Å². The first-order chi connectivity index (χ1) is 7.69. The summed E-state index contributed by atoms with van der Waals surface area (Å²) in [7, 11) is 0. The van der Waals surface area contributed by atoms with Crippen LogP contribution in [0.4, 0.5) is 0 Å². The van der Waals surface area contributed by atoms with E-state index >= 15 is 0 Å². The van der Waals surface area contributed by atoms with Gasteiger partial charge in [-0.3, -0.25) is 0 Å². The lowest BCUT2D eigenvalue weighted by atomic mass is 9.74. The molecule has 2 rings (SSSR count). The quantitative estimate of drug-likeness (QED) is 0.817. The molecule has 1 heterocycles. The van der Waals surface area contributed by atoms with Crippen LogP contribution in [0.2, 0.25) is 0 Å². The van der Waals surface area contributed by atoms with Gasteiger partial charge in [0, 0.05) is 12.0 Å². The number of hydrogen-bond donors (Lipinski definition) is 1. The molecule has 2 heteroatoms. The third-order valence-corrected chi connectivity index (χ3v) is 3.97. The van der Waals surface area contributed by atoms with E-state index < -0.39 is 0 Å². The molecule has 16 heavy (non-hydrogen) atoms. The van der Waals surface area contributed by atoms with Crippen LogP contribution in [-0.4, -0.2) is 5.54 Å². The van der Waals surface area contributed by atoms with Crippen LogP contribution in [0.25, 0.3) is 0 Å². The summed E-state index contributed by atoms with van der Waals surface area (Å²) in [5.74, 6) is 2.17. The maximum Gasteiger partial charge on any atom is 0.120 e. The lowest BCUT2D eigenvalue weighted by Crippen LogP contribution is -2.51. The van der Waals surface area contributed by atoms with Gasteiger partial charge in [-0.1, -0.05) is 13.8 Å². The average molecular weight is 221 g/mol. The zero-order chi connectivity index (χ0) is 11.6. The van der Waals surface area contributed by atoms with E-state index in [1.807, 2.05) is 0 Å². The molecule has 1 aliphatic rings. The largest absolute Gasteiger partial charge is 0.464 e. The molecule has 2 nitrogen and oxygen atoms in total. The van der Waals surface area contributed by atoms with Gasteiger partial charge >= 0.3 is 0 Å². The predicted molar refractivity (Wildman–Crippen MR) is 66.5 cm³/mol. The van der Waals surface area contributed by atoms with Gasteiger partial charge in [-0.25, -0.2) is 0 Å². The van der Waals surface area contributed by atoms with Gasteiger partial charge in [0.05, 0.1) is 6.04 Å². The summed E-state index contributed by atoms with van der Waals surface area (Å²) in [4.78, 5) is 0. The first-order valence-electron chi connectivity index (χ1n) is 6.55. The standard InChI is InChI=1S/C14H23NO/c1-4-12-7-8-13(16-12)11(3)15-14(5-2)9-6-10-14/h7-8,11,15H,4-6,9-10H2,1-3H3. The van der Waals surface area contributed by atoms with Gasteiger partial charge in [-0.2, -0.15) is 0 Å². The zero-order valence-electron chi connectivity index (χ0n) is 10.7. The summed E-state index contributed by atoms with van der Waals surface area (Å²) in [5.41, 5.74) is 0.387. The second-order valence-electron chi connectivity index (χ2n) is 5.01. The summed E-state index contributed by atoms with van der Waals surface area (Å²) in [6.07, 6.45) is 6.20. The molecule has 1 N–H and O–H groups in total. The second kappa shape index (κ2) is 4.62. The van der Waals surface area contributed by atoms with E-state index in [9.17, 15) is 0 Å². The SMILES string of the molecule is CCc1ccc(C(C)NC2(CC)CCC2)o1. The number of nitrogens with one attached hydrogen (secondary N) is 1. The zero-order valence-corrected chi connectivity index (χ0v) is 10.7. The van der Waals surface area contributed by atoms with E-state index in [1.165, 1.54) is 25.7 Å². The minimum atomic E-state index is 0.334. The van der Waals surface area contributed by atoms with Crippen molar-refractivity contribution in [1.29, 1.82) is 0 Å². The van der Waals surface area contributed by atoms with Gasteiger partial charge in [-0.05, 0) is 44.7 Å². The van der Waals surface area contributed by atoms with E-state index in [0.29, 0.717) is 11.6 Å². The average Bonchev–Trinajstić information content (AvgIpc) is 2.71. The Morgan fingerprint density at radius 3 is 2.56 bits per heavy atom. The summed E-state index contributed by atoms with van der Waals surface area (Å²) >= 11 is 0. The normalized spacial score (nSPS) is 20.4. The monoisotopic (exact) mass is 221 g/mol. The highest BCUT2D eigenvalue weighted by Gasteiger charge is 2.36. The van der Waals surface area contributed by atoms with Crippen LogP contribution in [-0.2, 0) is 6.42 Å². The Hall–Kier alpha value is -0.760. The van der Waals surface area contributed by atoms with E-state index in [4.69, 9.17) is 4.42 Å². The maximum absolute atomic E-state index is 5.79. The van der Waals surface area contributed by atoms with Gasteiger partial charge < -0.3 is 9.73 Å². The van der Waals surface area contributed by atoms with Crippen molar-refractivity contribution in [1.82, 2.24) is 5.32 Å². The van der Waals surface area contributed by atoms with Crippen molar-refractivity contribution in [2.24, 2.45) is 0 Å². The van der Waals surface area contributed by atoms with E-state index in [0.717, 1.165) is 17.9 Å². The summed E-state index contributed by atoms with van der Waals surface area (Å²) < 4.78 is 5.79. The Balaban J connectivity index is 1.99. The van der Waals surface area contributed by atoms with Crippen LogP contribution < -0.4 is 5.32 Å². The molecule has 1 atom stereocenters. The van der Waals surface area contributed by atoms with Crippen LogP contribution >= 0.6 is 0 Å². The first-order valence-corrected chi connectivity index (χ1v) is 6.55. The highest BCUT2D eigenvalue weighted by molar-refractivity contribution is 5.11. The highest BCUT2D eigenvalue weighted by atomic mass is 16.3. The molecule has 0 saturated heterocycles. The van der Waals surface area contributed by atoms with Crippen LogP contribution in [0.1, 0.15) is 64.0 Å². The molecule has 0 bridgehead atoms. The third kappa shape index (κ3) is 2.17. The van der Waals surface area contributed by atoms with Crippen LogP contribution in [0.5, 0.6) is 0 Å². The molecule has 1 aliphatic carbocycles. The Kier molecular flexibility index (Phi) is 3.38. The fourth-order valence-electron chi connectivity index (χ4n) is 2.55. The van der Waals surface area contributed by atoms with Crippen molar-refractivity contribution in [3.05, 3.63) is 23.7 Å². The molecule has 1 fully saturated rings. The Labute approximate surface area is 98.4 Å². The molecule has 1 saturated carbocycles. The maximum atomic E-state index is 5.79. The van der Waals surface area contributed by atoms with Crippen molar-refractivity contribution in [2.45, 2.75) is 64.5 Å². The fraction of sp³-hybridized carbons (Fsp3) is 0.714. The molecule has 0 aromatic carbocycles. The van der Waals surface area contributed by atoms with Crippen molar-refractivity contribution in [3.8, 4) is 0 Å². The molecule has 1 unspecified atom stereocenters. The van der Waals surface area contributed by atoms with E-state index in [1.54, 1.807) is 0 Å². The fourth-order valence-corrected chi connectivity index (χ4v) is 2.55. The molecule has 90 valence electrons. The Morgan fingerprint density at radius 2 is 2.12 bits per heavy atom. The molecule has 1 aromatic heterocycles. The molecular weight excluding hydrogens is 198 g/mol.